The lowest BCUT2D eigenvalue weighted by atomic mass is 10.5. The van der Waals surface area contributed by atoms with Gasteiger partial charge in [-0.1, -0.05) is 0 Å². The van der Waals surface area contributed by atoms with Gasteiger partial charge in [0.25, 0.3) is 5.95 Å². The van der Waals surface area contributed by atoms with Crippen molar-refractivity contribution in [3.8, 4) is 5.95 Å². The molecule has 1 N–H and O–H groups in total. The molecule has 102 valence electrons. The van der Waals surface area contributed by atoms with E-state index in [2.05, 4.69) is 30.4 Å². The molecule has 0 unspecified atom stereocenters. The van der Waals surface area contributed by atoms with Crippen LogP contribution in [-0.2, 0) is 6.54 Å². The summed E-state index contributed by atoms with van der Waals surface area (Å²) in [7, 11) is 0. The van der Waals surface area contributed by atoms with Crippen LogP contribution in [0.2, 0.25) is 5.28 Å². The highest BCUT2D eigenvalue weighted by Crippen LogP contribution is 2.12. The highest BCUT2D eigenvalue weighted by molar-refractivity contribution is 7.09. The third-order valence-corrected chi connectivity index (χ3v) is 3.39. The van der Waals surface area contributed by atoms with Gasteiger partial charge in [0, 0.05) is 17.8 Å². The van der Waals surface area contributed by atoms with Crippen LogP contribution >= 0.6 is 22.9 Å². The number of rotatable bonds is 4. The molecule has 0 aliphatic carbocycles. The molecule has 0 aliphatic heterocycles. The lowest BCUT2D eigenvalue weighted by molar-refractivity contribution is 0.794. The maximum Gasteiger partial charge on any atom is 0.256 e. The molecular formula is C11H10ClN7S. The molecule has 0 aromatic carbocycles. The van der Waals surface area contributed by atoms with Crippen molar-refractivity contribution >= 4 is 28.9 Å². The van der Waals surface area contributed by atoms with Crippen LogP contribution in [0.4, 0.5) is 5.95 Å². The van der Waals surface area contributed by atoms with E-state index in [0.29, 0.717) is 18.4 Å². The van der Waals surface area contributed by atoms with Gasteiger partial charge in [-0.2, -0.15) is 20.1 Å². The van der Waals surface area contributed by atoms with Crippen molar-refractivity contribution < 1.29 is 0 Å². The second kappa shape index (κ2) is 5.51. The number of hydrogen-bond donors (Lipinski definition) is 1. The zero-order valence-corrected chi connectivity index (χ0v) is 12.1. The molecule has 9 heteroatoms. The van der Waals surface area contributed by atoms with Gasteiger partial charge in [0.2, 0.25) is 11.2 Å². The summed E-state index contributed by atoms with van der Waals surface area (Å²) in [4.78, 5) is 16.7. The Hall–Kier alpha value is -2.06. The highest BCUT2D eigenvalue weighted by Gasteiger charge is 2.07. The van der Waals surface area contributed by atoms with Crippen LogP contribution in [0, 0.1) is 6.92 Å². The first-order valence-electron chi connectivity index (χ1n) is 5.77. The van der Waals surface area contributed by atoms with E-state index < -0.39 is 0 Å². The average molecular weight is 308 g/mol. The van der Waals surface area contributed by atoms with Gasteiger partial charge < -0.3 is 5.32 Å². The monoisotopic (exact) mass is 307 g/mol. The van der Waals surface area contributed by atoms with E-state index in [9.17, 15) is 0 Å². The summed E-state index contributed by atoms with van der Waals surface area (Å²) >= 11 is 7.50. The van der Waals surface area contributed by atoms with Crippen molar-refractivity contribution in [1.82, 2.24) is 29.7 Å². The average Bonchev–Trinajstić information content (AvgIpc) is 3.07. The van der Waals surface area contributed by atoms with Gasteiger partial charge >= 0.3 is 0 Å². The molecule has 20 heavy (non-hydrogen) atoms. The molecule has 0 bridgehead atoms. The van der Waals surface area contributed by atoms with Gasteiger partial charge in [-0.25, -0.2) is 9.67 Å². The number of halogens is 1. The molecule has 0 spiro atoms. The molecule has 7 nitrogen and oxygen atoms in total. The Kier molecular flexibility index (Phi) is 3.57. The smallest absolute Gasteiger partial charge is 0.256 e. The summed E-state index contributed by atoms with van der Waals surface area (Å²) in [6.45, 7) is 2.49. The fourth-order valence-electron chi connectivity index (χ4n) is 1.57. The Bertz CT molecular complexity index is 709. The number of aryl methyl sites for hydroxylation is 1. The molecule has 3 rings (SSSR count). The maximum absolute atomic E-state index is 5.90. The van der Waals surface area contributed by atoms with E-state index in [1.165, 1.54) is 4.68 Å². The Morgan fingerprint density at radius 3 is 2.90 bits per heavy atom. The maximum atomic E-state index is 5.90. The predicted molar refractivity (Wildman–Crippen MR) is 76.1 cm³/mol. The van der Waals surface area contributed by atoms with E-state index >= 15 is 0 Å². The lowest BCUT2D eigenvalue weighted by Crippen LogP contribution is -2.09. The number of thiazole rings is 1. The van der Waals surface area contributed by atoms with E-state index in [-0.39, 0.29) is 5.28 Å². The Balaban J connectivity index is 1.79. The van der Waals surface area contributed by atoms with Crippen molar-refractivity contribution in [2.24, 2.45) is 0 Å². The number of nitrogens with one attached hydrogen (secondary N) is 1. The van der Waals surface area contributed by atoms with E-state index in [4.69, 9.17) is 11.6 Å². The number of hydrogen-bond acceptors (Lipinski definition) is 7. The Morgan fingerprint density at radius 1 is 1.30 bits per heavy atom. The zero-order valence-electron chi connectivity index (χ0n) is 10.5. The minimum atomic E-state index is 0.113. The van der Waals surface area contributed by atoms with Crippen LogP contribution < -0.4 is 5.32 Å². The van der Waals surface area contributed by atoms with Gasteiger partial charge in [0.15, 0.2) is 0 Å². The molecule has 0 saturated heterocycles. The first kappa shape index (κ1) is 12.9. The van der Waals surface area contributed by atoms with Crippen molar-refractivity contribution in [2.75, 3.05) is 5.32 Å². The summed E-state index contributed by atoms with van der Waals surface area (Å²) in [6.07, 6.45) is 3.38. The van der Waals surface area contributed by atoms with Crippen molar-refractivity contribution in [3.05, 3.63) is 39.8 Å². The zero-order chi connectivity index (χ0) is 13.9. The number of aromatic nitrogens is 6. The van der Waals surface area contributed by atoms with Crippen LogP contribution in [0.5, 0.6) is 0 Å². The van der Waals surface area contributed by atoms with Crippen molar-refractivity contribution in [3.63, 3.8) is 0 Å². The van der Waals surface area contributed by atoms with Gasteiger partial charge in [0.1, 0.15) is 0 Å². The highest BCUT2D eigenvalue weighted by atomic mass is 35.5. The minimum absolute atomic E-state index is 0.113. The van der Waals surface area contributed by atoms with E-state index in [0.717, 1.165) is 10.7 Å². The van der Waals surface area contributed by atoms with Crippen LogP contribution in [-0.4, -0.2) is 29.7 Å². The fourth-order valence-corrected chi connectivity index (χ4v) is 2.34. The summed E-state index contributed by atoms with van der Waals surface area (Å²) < 4.78 is 1.52. The third kappa shape index (κ3) is 2.91. The standard InChI is InChI=1S/C11H10ClN7S/c1-7-15-8(6-20-7)5-13-10-16-9(12)17-11(18-10)19-4-2-3-14-19/h2-4,6H,5H2,1H3,(H,13,16,17,18). The summed E-state index contributed by atoms with van der Waals surface area (Å²) in [6, 6.07) is 1.78. The van der Waals surface area contributed by atoms with Gasteiger partial charge in [-0.3, -0.25) is 0 Å². The summed E-state index contributed by atoms with van der Waals surface area (Å²) in [5, 5.41) is 10.3. The van der Waals surface area contributed by atoms with Crippen LogP contribution in [0.1, 0.15) is 10.7 Å². The summed E-state index contributed by atoms with van der Waals surface area (Å²) in [5.41, 5.74) is 0.935. The lowest BCUT2D eigenvalue weighted by Gasteiger charge is -2.05. The van der Waals surface area contributed by atoms with Crippen LogP contribution in [0.25, 0.3) is 5.95 Å². The van der Waals surface area contributed by atoms with Gasteiger partial charge in [-0.05, 0) is 24.6 Å². The first-order chi connectivity index (χ1) is 9.70. The second-order valence-electron chi connectivity index (χ2n) is 3.89. The molecule has 3 heterocycles. The first-order valence-corrected chi connectivity index (χ1v) is 7.03. The van der Waals surface area contributed by atoms with E-state index in [1.54, 1.807) is 29.8 Å². The molecule has 0 amide bonds. The van der Waals surface area contributed by atoms with Gasteiger partial charge in [0.05, 0.1) is 17.2 Å². The van der Waals surface area contributed by atoms with Crippen LogP contribution in [0.3, 0.4) is 0 Å². The second-order valence-corrected chi connectivity index (χ2v) is 5.29. The molecule has 0 radical (unpaired) electrons. The Labute approximate surface area is 123 Å². The largest absolute Gasteiger partial charge is 0.348 e. The third-order valence-electron chi connectivity index (χ3n) is 2.40. The molecule has 0 saturated carbocycles. The van der Waals surface area contributed by atoms with Crippen LogP contribution in [0.15, 0.2) is 23.8 Å². The Morgan fingerprint density at radius 2 is 2.20 bits per heavy atom. The molecule has 0 fully saturated rings. The quantitative estimate of drug-likeness (QED) is 0.795. The number of anilines is 1. The molecule has 0 atom stereocenters. The van der Waals surface area contributed by atoms with Crippen molar-refractivity contribution in [2.45, 2.75) is 13.5 Å². The fraction of sp³-hybridized carbons (Fsp3) is 0.182. The summed E-state index contributed by atoms with van der Waals surface area (Å²) in [5.74, 6) is 0.758. The van der Waals surface area contributed by atoms with Crippen molar-refractivity contribution in [1.29, 1.82) is 0 Å². The normalized spacial score (nSPS) is 10.7. The molecular weight excluding hydrogens is 298 g/mol. The van der Waals surface area contributed by atoms with E-state index in [1.807, 2.05) is 12.3 Å². The predicted octanol–water partition coefficient (Wildman–Crippen LogP) is 2.09. The molecule has 3 aromatic rings. The van der Waals surface area contributed by atoms with Gasteiger partial charge in [-0.15, -0.1) is 11.3 Å². The topological polar surface area (TPSA) is 81.4 Å². The number of nitrogens with zero attached hydrogens (tertiary/aromatic N) is 6. The molecule has 3 aromatic heterocycles. The SMILES string of the molecule is Cc1nc(CNc2nc(Cl)nc(-n3cccn3)n2)cs1. The molecule has 0 aliphatic rings. The minimum Gasteiger partial charge on any atom is -0.348 e.